The second-order valence-corrected chi connectivity index (χ2v) is 4.11. The Kier molecular flexibility index (Phi) is 4.17. The summed E-state index contributed by atoms with van der Waals surface area (Å²) >= 11 is 0. The third-order valence-electron chi connectivity index (χ3n) is 2.91. The van der Waals surface area contributed by atoms with Crippen LogP contribution in [0.4, 0.5) is 11.5 Å². The molecule has 104 valence electrons. The minimum absolute atomic E-state index is 0.175. The number of hydrogen-bond acceptors (Lipinski definition) is 5. The number of ether oxygens (including phenoxy) is 1. The fraction of sp³-hybridized carbons (Fsp3) is 0.143. The van der Waals surface area contributed by atoms with Gasteiger partial charge < -0.3 is 15.1 Å². The number of benzene rings is 1. The van der Waals surface area contributed by atoms with Gasteiger partial charge in [-0.25, -0.2) is 10.8 Å². The van der Waals surface area contributed by atoms with Crippen LogP contribution < -0.4 is 20.9 Å². The summed E-state index contributed by atoms with van der Waals surface area (Å²) in [5, 5.41) is 0. The third-order valence-corrected chi connectivity index (χ3v) is 2.91. The van der Waals surface area contributed by atoms with E-state index in [2.05, 4.69) is 10.4 Å². The third kappa shape index (κ3) is 2.70. The molecule has 0 aliphatic carbocycles. The molecule has 6 heteroatoms. The van der Waals surface area contributed by atoms with Crippen LogP contribution in [-0.4, -0.2) is 25.0 Å². The van der Waals surface area contributed by atoms with Gasteiger partial charge in [0.2, 0.25) is 0 Å². The second-order valence-electron chi connectivity index (χ2n) is 4.11. The summed E-state index contributed by atoms with van der Waals surface area (Å²) in [5.41, 5.74) is 3.58. The van der Waals surface area contributed by atoms with Gasteiger partial charge in [-0.05, 0) is 24.3 Å². The highest BCUT2D eigenvalue weighted by Crippen LogP contribution is 2.27. The van der Waals surface area contributed by atoms with E-state index in [0.717, 1.165) is 0 Å². The number of carbonyl (C=O) groups excluding carboxylic acids is 1. The molecule has 0 atom stereocenters. The lowest BCUT2D eigenvalue weighted by atomic mass is 10.2. The van der Waals surface area contributed by atoms with Crippen molar-refractivity contribution in [1.29, 1.82) is 0 Å². The number of pyridine rings is 1. The van der Waals surface area contributed by atoms with E-state index in [-0.39, 0.29) is 5.91 Å². The molecule has 20 heavy (non-hydrogen) atoms. The van der Waals surface area contributed by atoms with Gasteiger partial charge in [-0.1, -0.05) is 12.1 Å². The van der Waals surface area contributed by atoms with Crippen LogP contribution in [0.1, 0.15) is 10.4 Å². The zero-order valence-electron chi connectivity index (χ0n) is 11.3. The summed E-state index contributed by atoms with van der Waals surface area (Å²) in [7, 11) is 3.26. The molecule has 6 nitrogen and oxygen atoms in total. The van der Waals surface area contributed by atoms with Crippen LogP contribution >= 0.6 is 0 Å². The number of aromatic nitrogens is 1. The molecule has 3 N–H and O–H groups in total. The molecule has 1 aromatic carbocycles. The number of hydrogen-bond donors (Lipinski definition) is 2. The predicted octanol–water partition coefficient (Wildman–Crippen LogP) is 1.65. The number of amides is 1. The van der Waals surface area contributed by atoms with Gasteiger partial charge in [0.05, 0.1) is 18.4 Å². The lowest BCUT2D eigenvalue weighted by molar-refractivity contribution is 0.0992. The number of nitrogens with two attached hydrogens (primary N) is 1. The lowest BCUT2D eigenvalue weighted by Crippen LogP contribution is -2.26. The van der Waals surface area contributed by atoms with Crippen molar-refractivity contribution in [1.82, 2.24) is 4.98 Å². The van der Waals surface area contributed by atoms with Gasteiger partial charge in [0.25, 0.3) is 5.91 Å². The smallest absolute Gasteiger partial charge is 0.259 e. The molecule has 0 saturated heterocycles. The van der Waals surface area contributed by atoms with Crippen LogP contribution in [-0.2, 0) is 0 Å². The van der Waals surface area contributed by atoms with Crippen molar-refractivity contribution in [2.45, 2.75) is 0 Å². The summed E-state index contributed by atoms with van der Waals surface area (Å²) in [6.45, 7) is 0. The van der Waals surface area contributed by atoms with Crippen molar-refractivity contribution in [3.8, 4) is 5.75 Å². The molecule has 0 fully saturated rings. The Morgan fingerprint density at radius 3 is 2.65 bits per heavy atom. The average molecular weight is 272 g/mol. The Labute approximate surface area is 117 Å². The van der Waals surface area contributed by atoms with Crippen molar-refractivity contribution >= 4 is 17.4 Å². The molecule has 0 radical (unpaired) electrons. The van der Waals surface area contributed by atoms with Gasteiger partial charge in [0, 0.05) is 13.2 Å². The van der Waals surface area contributed by atoms with Crippen molar-refractivity contribution in [2.75, 3.05) is 24.5 Å². The number of para-hydroxylation sites is 2. The Hall–Kier alpha value is -2.60. The Bertz CT molecular complexity index is 598. The van der Waals surface area contributed by atoms with E-state index in [1.807, 2.05) is 18.2 Å². The van der Waals surface area contributed by atoms with Gasteiger partial charge in [-0.2, -0.15) is 0 Å². The maximum atomic E-state index is 12.4. The fourth-order valence-electron chi connectivity index (χ4n) is 1.82. The highest BCUT2D eigenvalue weighted by atomic mass is 16.5. The minimum Gasteiger partial charge on any atom is -0.495 e. The first-order chi connectivity index (χ1) is 9.67. The topological polar surface area (TPSA) is 80.5 Å². The highest BCUT2D eigenvalue weighted by Gasteiger charge is 2.16. The molecule has 1 amide bonds. The normalized spacial score (nSPS) is 9.95. The number of nitrogens with one attached hydrogen (secondary N) is 1. The molecule has 0 spiro atoms. The van der Waals surface area contributed by atoms with E-state index in [1.54, 1.807) is 32.4 Å². The van der Waals surface area contributed by atoms with Crippen LogP contribution in [0.3, 0.4) is 0 Å². The molecular formula is C14H16N4O2. The predicted molar refractivity (Wildman–Crippen MR) is 77.8 cm³/mol. The molecule has 0 aliphatic heterocycles. The van der Waals surface area contributed by atoms with Gasteiger partial charge in [-0.3, -0.25) is 4.79 Å². The standard InChI is InChI=1S/C14H16N4O2/c1-18(11-5-3-4-6-12(11)20-2)14(19)10-7-8-13(17-15)16-9-10/h3-9H,15H2,1-2H3,(H,16,17). The number of nitrogen functional groups attached to an aromatic ring is 1. The fourth-order valence-corrected chi connectivity index (χ4v) is 1.82. The zero-order chi connectivity index (χ0) is 14.5. The molecule has 1 aromatic heterocycles. The summed E-state index contributed by atoms with van der Waals surface area (Å²) in [5.74, 6) is 6.20. The molecule has 2 rings (SSSR count). The van der Waals surface area contributed by atoms with E-state index in [0.29, 0.717) is 22.8 Å². The number of hydrazine groups is 1. The summed E-state index contributed by atoms with van der Waals surface area (Å²) in [6, 6.07) is 10.6. The average Bonchev–Trinajstić information content (AvgIpc) is 2.53. The van der Waals surface area contributed by atoms with Gasteiger partial charge in [0.1, 0.15) is 11.6 Å². The van der Waals surface area contributed by atoms with Gasteiger partial charge >= 0.3 is 0 Å². The Morgan fingerprint density at radius 1 is 1.30 bits per heavy atom. The number of methoxy groups -OCH3 is 1. The maximum Gasteiger partial charge on any atom is 0.259 e. The Morgan fingerprint density at radius 2 is 2.05 bits per heavy atom. The van der Waals surface area contributed by atoms with Crippen molar-refractivity contribution < 1.29 is 9.53 Å². The molecule has 0 saturated carbocycles. The van der Waals surface area contributed by atoms with E-state index in [1.165, 1.54) is 11.1 Å². The van der Waals surface area contributed by atoms with E-state index < -0.39 is 0 Å². The van der Waals surface area contributed by atoms with Crippen LogP contribution in [0.25, 0.3) is 0 Å². The monoisotopic (exact) mass is 272 g/mol. The van der Waals surface area contributed by atoms with Gasteiger partial charge in [0.15, 0.2) is 0 Å². The lowest BCUT2D eigenvalue weighted by Gasteiger charge is -2.19. The quantitative estimate of drug-likeness (QED) is 0.653. The van der Waals surface area contributed by atoms with Crippen LogP contribution in [0.15, 0.2) is 42.6 Å². The first kappa shape index (κ1) is 13.8. The summed E-state index contributed by atoms with van der Waals surface area (Å²) in [4.78, 5) is 17.9. The molecular weight excluding hydrogens is 256 g/mol. The van der Waals surface area contributed by atoms with Crippen molar-refractivity contribution in [2.24, 2.45) is 5.84 Å². The Balaban J connectivity index is 2.27. The summed E-state index contributed by atoms with van der Waals surface area (Å²) in [6.07, 6.45) is 1.48. The van der Waals surface area contributed by atoms with Crippen molar-refractivity contribution in [3.05, 3.63) is 48.2 Å². The largest absolute Gasteiger partial charge is 0.495 e. The van der Waals surface area contributed by atoms with E-state index >= 15 is 0 Å². The highest BCUT2D eigenvalue weighted by molar-refractivity contribution is 6.06. The van der Waals surface area contributed by atoms with E-state index in [9.17, 15) is 4.79 Å². The zero-order valence-corrected chi connectivity index (χ0v) is 11.3. The van der Waals surface area contributed by atoms with Crippen molar-refractivity contribution in [3.63, 3.8) is 0 Å². The summed E-state index contributed by atoms with van der Waals surface area (Å²) < 4.78 is 5.25. The number of nitrogens with zero attached hydrogens (tertiary/aromatic N) is 2. The SMILES string of the molecule is COc1ccccc1N(C)C(=O)c1ccc(NN)nc1. The second kappa shape index (κ2) is 6.03. The number of carbonyl (C=O) groups is 1. The molecule has 0 aliphatic rings. The molecule has 0 unspecified atom stereocenters. The van der Waals surface area contributed by atoms with Crippen LogP contribution in [0.2, 0.25) is 0 Å². The molecule has 1 heterocycles. The van der Waals surface area contributed by atoms with Crippen LogP contribution in [0, 0.1) is 0 Å². The maximum absolute atomic E-state index is 12.4. The first-order valence-electron chi connectivity index (χ1n) is 6.01. The molecule has 2 aromatic rings. The van der Waals surface area contributed by atoms with Crippen LogP contribution in [0.5, 0.6) is 5.75 Å². The first-order valence-corrected chi connectivity index (χ1v) is 6.01. The van der Waals surface area contributed by atoms with E-state index in [4.69, 9.17) is 10.6 Å². The van der Waals surface area contributed by atoms with Gasteiger partial charge in [-0.15, -0.1) is 0 Å². The minimum atomic E-state index is -0.175. The molecule has 0 bridgehead atoms. The number of rotatable bonds is 4. The number of anilines is 2.